The predicted octanol–water partition coefficient (Wildman–Crippen LogP) is 3.86. The number of nitrogens with one attached hydrogen (secondary N) is 2. The van der Waals surface area contributed by atoms with Crippen LogP contribution in [-0.2, 0) is 6.54 Å². The summed E-state index contributed by atoms with van der Waals surface area (Å²) in [6.07, 6.45) is 0. The van der Waals surface area contributed by atoms with Crippen LogP contribution in [0.4, 0.5) is 5.69 Å². The van der Waals surface area contributed by atoms with E-state index in [1.54, 1.807) is 30.3 Å². The highest BCUT2D eigenvalue weighted by molar-refractivity contribution is 6.34. The van der Waals surface area contributed by atoms with Crippen molar-refractivity contribution in [2.45, 2.75) is 20.4 Å². The molecular weight excluding hydrogens is 373 g/mol. The van der Waals surface area contributed by atoms with Crippen molar-refractivity contribution in [2.75, 3.05) is 11.9 Å². The molecule has 0 bridgehead atoms. The van der Waals surface area contributed by atoms with E-state index in [2.05, 4.69) is 10.6 Å². The maximum Gasteiger partial charge on any atom is 0.255 e. The first kappa shape index (κ1) is 22.0. The van der Waals surface area contributed by atoms with Crippen LogP contribution in [0.25, 0.3) is 0 Å². The third kappa shape index (κ3) is 6.02. The van der Waals surface area contributed by atoms with Gasteiger partial charge in [-0.15, -0.1) is 12.4 Å². The van der Waals surface area contributed by atoms with Gasteiger partial charge in [0.05, 0.1) is 10.6 Å². The molecule has 2 aromatic rings. The second-order valence-corrected chi connectivity index (χ2v) is 6.56. The minimum Gasteiger partial charge on any atom is -0.352 e. The molecular formula is C19H23Cl2N3O2. The SMILES string of the molecule is CC(C)CNC(=O)c1ccc(NC(=O)c2ccc(CN)cc2)cc1Cl.Cl. The first-order valence-corrected chi connectivity index (χ1v) is 8.46. The minimum atomic E-state index is -0.253. The summed E-state index contributed by atoms with van der Waals surface area (Å²) in [4.78, 5) is 24.3. The van der Waals surface area contributed by atoms with E-state index in [0.717, 1.165) is 5.56 Å². The van der Waals surface area contributed by atoms with Gasteiger partial charge in [-0.3, -0.25) is 9.59 Å². The molecule has 0 atom stereocenters. The van der Waals surface area contributed by atoms with E-state index in [1.807, 2.05) is 26.0 Å². The van der Waals surface area contributed by atoms with E-state index >= 15 is 0 Å². The third-order valence-electron chi connectivity index (χ3n) is 3.59. The zero-order valence-electron chi connectivity index (χ0n) is 14.7. The van der Waals surface area contributed by atoms with E-state index in [9.17, 15) is 9.59 Å². The van der Waals surface area contributed by atoms with E-state index in [0.29, 0.717) is 35.8 Å². The molecule has 2 amide bonds. The standard InChI is InChI=1S/C19H22ClN3O2.ClH/c1-12(2)11-22-19(25)16-8-7-15(9-17(16)20)23-18(24)14-5-3-13(10-21)4-6-14;/h3-9,12H,10-11,21H2,1-2H3,(H,22,25)(H,23,24);1H. The Morgan fingerprint density at radius 2 is 1.73 bits per heavy atom. The van der Waals surface area contributed by atoms with Crippen LogP contribution in [0.15, 0.2) is 42.5 Å². The van der Waals surface area contributed by atoms with Crippen LogP contribution in [0.2, 0.25) is 5.02 Å². The molecule has 4 N–H and O–H groups in total. The van der Waals surface area contributed by atoms with Gasteiger partial charge >= 0.3 is 0 Å². The summed E-state index contributed by atoms with van der Waals surface area (Å²) in [5.41, 5.74) is 7.93. The number of rotatable bonds is 6. The lowest BCUT2D eigenvalue weighted by Crippen LogP contribution is -2.27. The number of carbonyl (C=O) groups is 2. The first-order chi connectivity index (χ1) is 11.9. The molecule has 0 spiro atoms. The number of amides is 2. The van der Waals surface area contributed by atoms with Crippen LogP contribution in [0.1, 0.15) is 40.1 Å². The van der Waals surface area contributed by atoms with Crippen molar-refractivity contribution in [1.29, 1.82) is 0 Å². The number of halogens is 2. The first-order valence-electron chi connectivity index (χ1n) is 8.08. The van der Waals surface area contributed by atoms with Gasteiger partial charge in [-0.25, -0.2) is 0 Å². The fourth-order valence-corrected chi connectivity index (χ4v) is 2.43. The predicted molar refractivity (Wildman–Crippen MR) is 108 cm³/mol. The number of benzene rings is 2. The highest BCUT2D eigenvalue weighted by atomic mass is 35.5. The van der Waals surface area contributed by atoms with Crippen molar-refractivity contribution in [3.05, 3.63) is 64.2 Å². The molecule has 0 aliphatic heterocycles. The Hall–Kier alpha value is -2.08. The quantitative estimate of drug-likeness (QED) is 0.693. The molecule has 0 aromatic heterocycles. The maximum atomic E-state index is 12.3. The van der Waals surface area contributed by atoms with Gasteiger partial charge in [-0.1, -0.05) is 37.6 Å². The molecule has 0 heterocycles. The molecule has 0 saturated carbocycles. The zero-order chi connectivity index (χ0) is 18.4. The zero-order valence-corrected chi connectivity index (χ0v) is 16.3. The van der Waals surface area contributed by atoms with E-state index in [1.165, 1.54) is 0 Å². The summed E-state index contributed by atoms with van der Waals surface area (Å²) in [5.74, 6) is -0.127. The van der Waals surface area contributed by atoms with Crippen molar-refractivity contribution in [1.82, 2.24) is 5.32 Å². The summed E-state index contributed by atoms with van der Waals surface area (Å²) >= 11 is 6.18. The van der Waals surface area contributed by atoms with E-state index < -0.39 is 0 Å². The monoisotopic (exact) mass is 395 g/mol. The topological polar surface area (TPSA) is 84.2 Å². The number of nitrogens with two attached hydrogens (primary N) is 1. The van der Waals surface area contributed by atoms with Gasteiger partial charge in [0.15, 0.2) is 0 Å². The number of hydrogen-bond acceptors (Lipinski definition) is 3. The summed E-state index contributed by atoms with van der Waals surface area (Å²) in [7, 11) is 0. The van der Waals surface area contributed by atoms with E-state index in [4.69, 9.17) is 17.3 Å². The molecule has 5 nitrogen and oxygen atoms in total. The van der Waals surface area contributed by atoms with Crippen LogP contribution < -0.4 is 16.4 Å². The third-order valence-corrected chi connectivity index (χ3v) is 3.91. The van der Waals surface area contributed by atoms with Gasteiger partial charge in [0.1, 0.15) is 0 Å². The number of anilines is 1. The van der Waals surface area contributed by atoms with Gasteiger partial charge in [0, 0.05) is 24.3 Å². The molecule has 0 unspecified atom stereocenters. The lowest BCUT2D eigenvalue weighted by molar-refractivity contribution is 0.0948. The Morgan fingerprint density at radius 1 is 1.08 bits per heavy atom. The largest absolute Gasteiger partial charge is 0.352 e. The molecule has 7 heteroatoms. The molecule has 140 valence electrons. The lowest BCUT2D eigenvalue weighted by atomic mass is 10.1. The fraction of sp³-hybridized carbons (Fsp3) is 0.263. The van der Waals surface area contributed by atoms with Crippen molar-refractivity contribution in [3.63, 3.8) is 0 Å². The number of carbonyl (C=O) groups excluding carboxylic acids is 2. The Morgan fingerprint density at radius 3 is 2.27 bits per heavy atom. The van der Waals surface area contributed by atoms with Crippen molar-refractivity contribution in [2.24, 2.45) is 11.7 Å². The van der Waals surface area contributed by atoms with Crippen molar-refractivity contribution >= 4 is 41.5 Å². The second kappa shape index (κ2) is 10.2. The summed E-state index contributed by atoms with van der Waals surface area (Å²) in [6, 6.07) is 11.9. The average molecular weight is 396 g/mol. The van der Waals surface area contributed by atoms with Gasteiger partial charge in [0.25, 0.3) is 11.8 Å². The molecule has 2 rings (SSSR count). The van der Waals surface area contributed by atoms with Crippen LogP contribution in [0.3, 0.4) is 0 Å². The Kier molecular flexibility index (Phi) is 8.58. The van der Waals surface area contributed by atoms with Gasteiger partial charge in [-0.05, 0) is 41.8 Å². The van der Waals surface area contributed by atoms with Crippen molar-refractivity contribution < 1.29 is 9.59 Å². The highest BCUT2D eigenvalue weighted by Gasteiger charge is 2.12. The maximum absolute atomic E-state index is 12.3. The highest BCUT2D eigenvalue weighted by Crippen LogP contribution is 2.21. The van der Waals surface area contributed by atoms with Crippen LogP contribution in [0, 0.1) is 5.92 Å². The van der Waals surface area contributed by atoms with E-state index in [-0.39, 0.29) is 29.2 Å². The molecule has 0 fully saturated rings. The Balaban J connectivity index is 0.00000338. The molecule has 0 saturated heterocycles. The molecule has 0 aliphatic carbocycles. The smallest absolute Gasteiger partial charge is 0.255 e. The van der Waals surface area contributed by atoms with Crippen LogP contribution in [-0.4, -0.2) is 18.4 Å². The molecule has 0 radical (unpaired) electrons. The summed E-state index contributed by atoms with van der Waals surface area (Å²) in [6.45, 7) is 5.03. The lowest BCUT2D eigenvalue weighted by Gasteiger charge is -2.11. The Labute approximate surface area is 164 Å². The number of hydrogen-bond donors (Lipinski definition) is 3. The summed E-state index contributed by atoms with van der Waals surface area (Å²) < 4.78 is 0. The van der Waals surface area contributed by atoms with Gasteiger partial charge < -0.3 is 16.4 Å². The van der Waals surface area contributed by atoms with Crippen LogP contribution in [0.5, 0.6) is 0 Å². The molecule has 2 aromatic carbocycles. The average Bonchev–Trinajstić information content (AvgIpc) is 2.59. The fourth-order valence-electron chi connectivity index (χ4n) is 2.16. The van der Waals surface area contributed by atoms with Gasteiger partial charge in [0.2, 0.25) is 0 Å². The van der Waals surface area contributed by atoms with Crippen LogP contribution >= 0.6 is 24.0 Å². The van der Waals surface area contributed by atoms with Crippen molar-refractivity contribution in [3.8, 4) is 0 Å². The molecule has 26 heavy (non-hydrogen) atoms. The molecule has 0 aliphatic rings. The minimum absolute atomic E-state index is 0. The van der Waals surface area contributed by atoms with Gasteiger partial charge in [-0.2, -0.15) is 0 Å². The summed E-state index contributed by atoms with van der Waals surface area (Å²) in [5, 5.41) is 5.87. The second-order valence-electron chi connectivity index (χ2n) is 6.15. The normalized spacial score (nSPS) is 10.2. The Bertz CT molecular complexity index is 762.